The number of para-hydroxylation sites is 1. The van der Waals surface area contributed by atoms with E-state index in [4.69, 9.17) is 4.74 Å². The van der Waals surface area contributed by atoms with Crippen molar-refractivity contribution in [1.29, 1.82) is 0 Å². The summed E-state index contributed by atoms with van der Waals surface area (Å²) in [7, 11) is 0. The molecule has 0 saturated heterocycles. The molecule has 1 amide bonds. The quantitative estimate of drug-likeness (QED) is 0.844. The largest absolute Gasteiger partial charge is 0.508 e. The van der Waals surface area contributed by atoms with Crippen LogP contribution in [0.2, 0.25) is 0 Å². The van der Waals surface area contributed by atoms with Crippen molar-refractivity contribution in [3.8, 4) is 11.5 Å². The topological polar surface area (TPSA) is 58.6 Å². The van der Waals surface area contributed by atoms with E-state index in [0.29, 0.717) is 6.61 Å². The van der Waals surface area contributed by atoms with Crippen LogP contribution in [0.4, 0.5) is 5.69 Å². The number of carbonyl (C=O) groups is 1. The minimum Gasteiger partial charge on any atom is -0.508 e. The van der Waals surface area contributed by atoms with E-state index >= 15 is 0 Å². The number of phenolic OH excluding ortho intramolecular Hbond substituents is 1. The molecule has 2 aromatic rings. The van der Waals surface area contributed by atoms with Gasteiger partial charge in [0, 0.05) is 11.3 Å². The Hall–Kier alpha value is -2.49. The van der Waals surface area contributed by atoms with Gasteiger partial charge in [-0.2, -0.15) is 0 Å². The first-order valence-electron chi connectivity index (χ1n) is 7.83. The lowest BCUT2D eigenvalue weighted by atomic mass is 9.97. The number of benzene rings is 2. The summed E-state index contributed by atoms with van der Waals surface area (Å²) in [5.41, 5.74) is 3.33. The van der Waals surface area contributed by atoms with E-state index < -0.39 is 0 Å². The van der Waals surface area contributed by atoms with E-state index in [2.05, 4.69) is 5.32 Å². The van der Waals surface area contributed by atoms with Gasteiger partial charge < -0.3 is 15.2 Å². The molecule has 120 valence electrons. The molecule has 0 bridgehead atoms. The lowest BCUT2D eigenvalue weighted by Crippen LogP contribution is -2.22. The zero-order valence-corrected chi connectivity index (χ0v) is 13.6. The highest BCUT2D eigenvalue weighted by molar-refractivity contribution is 5.97. The number of phenols is 1. The van der Waals surface area contributed by atoms with Gasteiger partial charge in [0.05, 0.1) is 0 Å². The van der Waals surface area contributed by atoms with E-state index in [1.54, 1.807) is 6.07 Å². The number of rotatable bonds is 3. The summed E-state index contributed by atoms with van der Waals surface area (Å²) in [6, 6.07) is 11.2. The summed E-state index contributed by atoms with van der Waals surface area (Å²) in [5.74, 6) is 0.838. The molecule has 2 N–H and O–H groups in total. The summed E-state index contributed by atoms with van der Waals surface area (Å²) in [5, 5.41) is 13.0. The van der Waals surface area contributed by atoms with Crippen LogP contribution in [0.1, 0.15) is 42.4 Å². The van der Waals surface area contributed by atoms with Gasteiger partial charge in [-0.15, -0.1) is 0 Å². The highest BCUT2D eigenvalue weighted by Crippen LogP contribution is 2.35. The van der Waals surface area contributed by atoms with E-state index in [9.17, 15) is 9.90 Å². The SMILES string of the molecule is Cc1cc(O)c(C(C)C)cc1NC(=O)[C@H]1COc2ccccc21. The van der Waals surface area contributed by atoms with Crippen LogP contribution in [0.5, 0.6) is 11.5 Å². The van der Waals surface area contributed by atoms with E-state index in [0.717, 1.165) is 28.1 Å². The molecule has 1 aliphatic rings. The fraction of sp³-hybridized carbons (Fsp3) is 0.316. The van der Waals surface area contributed by atoms with E-state index in [-0.39, 0.29) is 23.5 Å². The van der Waals surface area contributed by atoms with Gasteiger partial charge in [-0.05, 0) is 42.2 Å². The Morgan fingerprint density at radius 1 is 1.30 bits per heavy atom. The number of aryl methyl sites for hydroxylation is 1. The highest BCUT2D eigenvalue weighted by Gasteiger charge is 2.30. The molecule has 0 aliphatic carbocycles. The summed E-state index contributed by atoms with van der Waals surface area (Å²) in [6.45, 7) is 6.26. The molecule has 0 aromatic heterocycles. The monoisotopic (exact) mass is 311 g/mol. The van der Waals surface area contributed by atoms with Gasteiger partial charge >= 0.3 is 0 Å². The Morgan fingerprint density at radius 3 is 2.78 bits per heavy atom. The van der Waals surface area contributed by atoms with Gasteiger partial charge in [0.2, 0.25) is 5.91 Å². The zero-order chi connectivity index (χ0) is 16.6. The zero-order valence-electron chi connectivity index (χ0n) is 13.6. The molecule has 1 aliphatic heterocycles. The Morgan fingerprint density at radius 2 is 2.04 bits per heavy atom. The first-order chi connectivity index (χ1) is 11.0. The normalized spacial score (nSPS) is 16.1. The van der Waals surface area contributed by atoms with Crippen molar-refractivity contribution >= 4 is 11.6 Å². The predicted molar refractivity (Wildman–Crippen MR) is 90.2 cm³/mol. The fourth-order valence-electron chi connectivity index (χ4n) is 2.91. The maximum Gasteiger partial charge on any atom is 0.235 e. The molecule has 0 saturated carbocycles. The molecule has 0 fully saturated rings. The molecule has 23 heavy (non-hydrogen) atoms. The van der Waals surface area contributed by atoms with Crippen molar-refractivity contribution < 1.29 is 14.6 Å². The van der Waals surface area contributed by atoms with Gasteiger partial charge in [-0.1, -0.05) is 32.0 Å². The predicted octanol–water partition coefficient (Wildman–Crippen LogP) is 3.94. The second-order valence-electron chi connectivity index (χ2n) is 6.27. The van der Waals surface area contributed by atoms with Crippen molar-refractivity contribution in [3.63, 3.8) is 0 Å². The number of fused-ring (bicyclic) bond motifs is 1. The lowest BCUT2D eigenvalue weighted by Gasteiger charge is -2.16. The molecule has 3 rings (SSSR count). The first kappa shape index (κ1) is 15.4. The molecule has 0 radical (unpaired) electrons. The Labute approximate surface area is 136 Å². The molecule has 0 unspecified atom stereocenters. The van der Waals surface area contributed by atoms with Crippen LogP contribution in [-0.2, 0) is 4.79 Å². The average Bonchev–Trinajstić information content (AvgIpc) is 2.93. The summed E-state index contributed by atoms with van der Waals surface area (Å²) >= 11 is 0. The number of aromatic hydroxyl groups is 1. The van der Waals surface area contributed by atoms with Gasteiger partial charge in [0.1, 0.15) is 24.0 Å². The maximum absolute atomic E-state index is 12.6. The van der Waals surface area contributed by atoms with Crippen molar-refractivity contribution in [2.45, 2.75) is 32.6 Å². The van der Waals surface area contributed by atoms with Crippen LogP contribution in [-0.4, -0.2) is 17.6 Å². The Balaban J connectivity index is 1.85. The standard InChI is InChI=1S/C19H21NO3/c1-11(2)14-9-16(12(3)8-17(14)21)20-19(22)15-10-23-18-7-5-4-6-13(15)18/h4-9,11,15,21H,10H2,1-3H3,(H,20,22)/t15-/m0/s1. The Bertz CT molecular complexity index is 752. The third-order valence-electron chi connectivity index (χ3n) is 4.27. The molecule has 2 aromatic carbocycles. The number of amides is 1. The second-order valence-corrected chi connectivity index (χ2v) is 6.27. The molecular formula is C19H21NO3. The minimum atomic E-state index is -0.304. The summed E-state index contributed by atoms with van der Waals surface area (Å²) in [6.07, 6.45) is 0. The average molecular weight is 311 g/mol. The number of nitrogens with one attached hydrogen (secondary N) is 1. The van der Waals surface area contributed by atoms with Crippen LogP contribution in [0, 0.1) is 6.92 Å². The third kappa shape index (κ3) is 2.89. The molecule has 0 spiro atoms. The number of hydrogen-bond acceptors (Lipinski definition) is 3. The van der Waals surface area contributed by atoms with Gasteiger partial charge in [-0.3, -0.25) is 4.79 Å². The first-order valence-corrected chi connectivity index (χ1v) is 7.83. The van der Waals surface area contributed by atoms with E-state index in [1.807, 2.05) is 51.1 Å². The second kappa shape index (κ2) is 5.95. The molecule has 1 heterocycles. The van der Waals surface area contributed by atoms with Crippen molar-refractivity contribution in [2.75, 3.05) is 11.9 Å². The van der Waals surface area contributed by atoms with E-state index in [1.165, 1.54) is 0 Å². The van der Waals surface area contributed by atoms with Crippen LogP contribution in [0.15, 0.2) is 36.4 Å². The van der Waals surface area contributed by atoms with Crippen molar-refractivity contribution in [2.24, 2.45) is 0 Å². The minimum absolute atomic E-state index is 0.0848. The number of ether oxygens (including phenoxy) is 1. The maximum atomic E-state index is 12.6. The fourth-order valence-corrected chi connectivity index (χ4v) is 2.91. The highest BCUT2D eigenvalue weighted by atomic mass is 16.5. The summed E-state index contributed by atoms with van der Waals surface area (Å²) in [4.78, 5) is 12.6. The lowest BCUT2D eigenvalue weighted by molar-refractivity contribution is -0.117. The molecule has 4 nitrogen and oxygen atoms in total. The van der Waals surface area contributed by atoms with Gasteiger partial charge in [-0.25, -0.2) is 0 Å². The number of hydrogen-bond donors (Lipinski definition) is 2. The molecular weight excluding hydrogens is 290 g/mol. The van der Waals surface area contributed by atoms with Crippen LogP contribution >= 0.6 is 0 Å². The number of carbonyl (C=O) groups excluding carboxylic acids is 1. The smallest absolute Gasteiger partial charge is 0.235 e. The van der Waals surface area contributed by atoms with Crippen molar-refractivity contribution in [1.82, 2.24) is 0 Å². The summed E-state index contributed by atoms with van der Waals surface area (Å²) < 4.78 is 5.58. The van der Waals surface area contributed by atoms with Crippen molar-refractivity contribution in [3.05, 3.63) is 53.1 Å². The number of anilines is 1. The van der Waals surface area contributed by atoms with Crippen LogP contribution < -0.4 is 10.1 Å². The van der Waals surface area contributed by atoms with Crippen LogP contribution in [0.25, 0.3) is 0 Å². The van der Waals surface area contributed by atoms with Crippen LogP contribution in [0.3, 0.4) is 0 Å². The molecule has 1 atom stereocenters. The van der Waals surface area contributed by atoms with Gasteiger partial charge in [0.15, 0.2) is 0 Å². The van der Waals surface area contributed by atoms with Gasteiger partial charge in [0.25, 0.3) is 0 Å². The third-order valence-corrected chi connectivity index (χ3v) is 4.27. The Kier molecular flexibility index (Phi) is 3.99. The molecule has 4 heteroatoms.